The van der Waals surface area contributed by atoms with Crippen molar-refractivity contribution in [2.45, 2.75) is 37.5 Å². The molecule has 1 heterocycles. The number of hydrogen-bond donors (Lipinski definition) is 1. The minimum absolute atomic E-state index is 0. The van der Waals surface area contributed by atoms with Gasteiger partial charge in [0.05, 0.1) is 5.41 Å². The molecule has 2 N–H and O–H groups in total. The summed E-state index contributed by atoms with van der Waals surface area (Å²) in [5.74, 6) is 0.409. The van der Waals surface area contributed by atoms with Gasteiger partial charge in [-0.05, 0) is 49.4 Å². The lowest BCUT2D eigenvalue weighted by atomic mass is 9.77. The number of nitrogens with two attached hydrogens (primary N) is 1. The van der Waals surface area contributed by atoms with E-state index in [1.54, 1.807) is 12.1 Å². The number of benzene rings is 1. The molecule has 1 atom stereocenters. The summed E-state index contributed by atoms with van der Waals surface area (Å²) < 4.78 is 13.2. The maximum atomic E-state index is 13.2. The molecule has 2 aliphatic rings. The lowest BCUT2D eigenvalue weighted by molar-refractivity contribution is -0.136. The standard InChI is InChI=1S/C17H23FN2O.ClH/c18-15-5-3-14(4-6-15)17(8-1-2-9-17)16(21)20-10-7-13(11-19)12-20;/h3-6,13H,1-2,7-12,19H2;1H. The van der Waals surface area contributed by atoms with E-state index in [0.717, 1.165) is 50.8 Å². The van der Waals surface area contributed by atoms with E-state index >= 15 is 0 Å². The first-order chi connectivity index (χ1) is 10.2. The van der Waals surface area contributed by atoms with Crippen molar-refractivity contribution < 1.29 is 9.18 Å². The molecule has 0 radical (unpaired) electrons. The number of hydrogen-bond acceptors (Lipinski definition) is 2. The van der Waals surface area contributed by atoms with Gasteiger partial charge in [0.1, 0.15) is 5.82 Å². The van der Waals surface area contributed by atoms with Gasteiger partial charge in [-0.15, -0.1) is 12.4 Å². The van der Waals surface area contributed by atoms with Gasteiger partial charge in [-0.2, -0.15) is 0 Å². The highest BCUT2D eigenvalue weighted by Gasteiger charge is 2.46. The molecule has 1 saturated heterocycles. The molecule has 0 aromatic heterocycles. The van der Waals surface area contributed by atoms with Gasteiger partial charge in [-0.3, -0.25) is 4.79 Å². The fourth-order valence-electron chi connectivity index (χ4n) is 3.89. The Morgan fingerprint density at radius 2 is 1.91 bits per heavy atom. The third-order valence-corrected chi connectivity index (χ3v) is 5.17. The van der Waals surface area contributed by atoms with Crippen molar-refractivity contribution in [3.05, 3.63) is 35.6 Å². The van der Waals surface area contributed by atoms with Crippen LogP contribution in [0, 0.1) is 11.7 Å². The van der Waals surface area contributed by atoms with Crippen LogP contribution in [-0.2, 0) is 10.2 Å². The van der Waals surface area contributed by atoms with Crippen molar-refractivity contribution in [1.29, 1.82) is 0 Å². The molecule has 3 nitrogen and oxygen atoms in total. The molecule has 22 heavy (non-hydrogen) atoms. The largest absolute Gasteiger partial charge is 0.342 e. The molecule has 1 saturated carbocycles. The van der Waals surface area contributed by atoms with Crippen LogP contribution in [0.1, 0.15) is 37.7 Å². The fraction of sp³-hybridized carbons (Fsp3) is 0.588. The van der Waals surface area contributed by atoms with Gasteiger partial charge in [0.25, 0.3) is 0 Å². The molecule has 0 bridgehead atoms. The average molecular weight is 327 g/mol. The quantitative estimate of drug-likeness (QED) is 0.928. The van der Waals surface area contributed by atoms with Crippen molar-refractivity contribution in [3.8, 4) is 0 Å². The maximum Gasteiger partial charge on any atom is 0.233 e. The average Bonchev–Trinajstić information content (AvgIpc) is 3.17. The zero-order valence-corrected chi connectivity index (χ0v) is 13.6. The molecule has 122 valence electrons. The van der Waals surface area contributed by atoms with Gasteiger partial charge >= 0.3 is 0 Å². The summed E-state index contributed by atoms with van der Waals surface area (Å²) in [6, 6.07) is 6.51. The summed E-state index contributed by atoms with van der Waals surface area (Å²) in [6.07, 6.45) is 4.89. The zero-order chi connectivity index (χ0) is 14.9. The number of rotatable bonds is 3. The highest BCUT2D eigenvalue weighted by molar-refractivity contribution is 5.89. The first kappa shape index (κ1) is 17.2. The molecule has 1 unspecified atom stereocenters. The Kier molecular flexibility index (Phi) is 5.45. The molecule has 0 spiro atoms. The molecule has 1 aliphatic heterocycles. The van der Waals surface area contributed by atoms with Gasteiger partial charge in [0.15, 0.2) is 0 Å². The van der Waals surface area contributed by atoms with E-state index < -0.39 is 5.41 Å². The van der Waals surface area contributed by atoms with Crippen LogP contribution >= 0.6 is 12.4 Å². The molecule has 2 fully saturated rings. The fourth-order valence-corrected chi connectivity index (χ4v) is 3.89. The molecular weight excluding hydrogens is 303 g/mol. The van der Waals surface area contributed by atoms with E-state index in [1.807, 2.05) is 4.90 Å². The van der Waals surface area contributed by atoms with Crippen LogP contribution in [0.25, 0.3) is 0 Å². The molecule has 3 rings (SSSR count). The van der Waals surface area contributed by atoms with Crippen molar-refractivity contribution in [2.75, 3.05) is 19.6 Å². The van der Waals surface area contributed by atoms with Crippen molar-refractivity contribution in [1.82, 2.24) is 4.90 Å². The number of amides is 1. The van der Waals surface area contributed by atoms with Gasteiger partial charge in [0.2, 0.25) is 5.91 Å². The Bertz CT molecular complexity index is 514. The number of carbonyl (C=O) groups excluding carboxylic acids is 1. The van der Waals surface area contributed by atoms with E-state index in [-0.39, 0.29) is 24.1 Å². The first-order valence-corrected chi connectivity index (χ1v) is 7.91. The maximum absolute atomic E-state index is 13.2. The van der Waals surface area contributed by atoms with E-state index in [4.69, 9.17) is 5.73 Å². The van der Waals surface area contributed by atoms with Crippen LogP contribution in [0.3, 0.4) is 0 Å². The summed E-state index contributed by atoms with van der Waals surface area (Å²) in [7, 11) is 0. The van der Waals surface area contributed by atoms with Crippen LogP contribution in [0.5, 0.6) is 0 Å². The SMILES string of the molecule is Cl.NCC1CCN(C(=O)C2(c3ccc(F)cc3)CCCC2)C1. The summed E-state index contributed by atoms with van der Waals surface area (Å²) in [4.78, 5) is 15.1. The summed E-state index contributed by atoms with van der Waals surface area (Å²) in [5.41, 5.74) is 6.27. The normalized spacial score (nSPS) is 23.4. The molecule has 1 aliphatic carbocycles. The molecule has 1 aromatic rings. The highest BCUT2D eigenvalue weighted by atomic mass is 35.5. The summed E-state index contributed by atoms with van der Waals surface area (Å²) >= 11 is 0. The predicted octanol–water partition coefficient (Wildman–Crippen LogP) is 2.87. The second-order valence-electron chi connectivity index (χ2n) is 6.44. The van der Waals surface area contributed by atoms with E-state index in [0.29, 0.717) is 12.5 Å². The monoisotopic (exact) mass is 326 g/mol. The van der Waals surface area contributed by atoms with Crippen molar-refractivity contribution in [3.63, 3.8) is 0 Å². The molecule has 1 aromatic carbocycles. The smallest absolute Gasteiger partial charge is 0.233 e. The van der Waals surface area contributed by atoms with Crippen LogP contribution in [0.2, 0.25) is 0 Å². The minimum atomic E-state index is -0.433. The highest BCUT2D eigenvalue weighted by Crippen LogP contribution is 2.43. The van der Waals surface area contributed by atoms with Gasteiger partial charge in [-0.25, -0.2) is 4.39 Å². The lowest BCUT2D eigenvalue weighted by Gasteiger charge is -2.33. The van der Waals surface area contributed by atoms with Gasteiger partial charge in [-0.1, -0.05) is 25.0 Å². The van der Waals surface area contributed by atoms with Crippen LogP contribution in [0.4, 0.5) is 4.39 Å². The second-order valence-corrected chi connectivity index (χ2v) is 6.44. The minimum Gasteiger partial charge on any atom is -0.342 e. The number of carbonyl (C=O) groups is 1. The lowest BCUT2D eigenvalue weighted by Crippen LogP contribution is -2.44. The van der Waals surface area contributed by atoms with Crippen molar-refractivity contribution >= 4 is 18.3 Å². The Morgan fingerprint density at radius 3 is 2.45 bits per heavy atom. The topological polar surface area (TPSA) is 46.3 Å². The van der Waals surface area contributed by atoms with E-state index in [2.05, 4.69) is 0 Å². The predicted molar refractivity (Wildman–Crippen MR) is 87.5 cm³/mol. The Hall–Kier alpha value is -1.13. The van der Waals surface area contributed by atoms with Crippen LogP contribution < -0.4 is 5.73 Å². The summed E-state index contributed by atoms with van der Waals surface area (Å²) in [6.45, 7) is 2.23. The Morgan fingerprint density at radius 1 is 1.27 bits per heavy atom. The second kappa shape index (κ2) is 6.97. The summed E-state index contributed by atoms with van der Waals surface area (Å²) in [5, 5.41) is 0. The van der Waals surface area contributed by atoms with Crippen LogP contribution in [-0.4, -0.2) is 30.4 Å². The van der Waals surface area contributed by atoms with Crippen LogP contribution in [0.15, 0.2) is 24.3 Å². The Balaban J connectivity index is 0.00000176. The number of halogens is 2. The molecule has 5 heteroatoms. The molecular formula is C17H24ClFN2O. The number of nitrogens with zero attached hydrogens (tertiary/aromatic N) is 1. The molecule has 1 amide bonds. The van der Waals surface area contributed by atoms with Gasteiger partial charge in [0, 0.05) is 13.1 Å². The van der Waals surface area contributed by atoms with E-state index in [1.165, 1.54) is 12.1 Å². The third kappa shape index (κ3) is 2.99. The first-order valence-electron chi connectivity index (χ1n) is 7.91. The van der Waals surface area contributed by atoms with E-state index in [9.17, 15) is 9.18 Å². The number of likely N-dealkylation sites (tertiary alicyclic amines) is 1. The van der Waals surface area contributed by atoms with Gasteiger partial charge < -0.3 is 10.6 Å². The van der Waals surface area contributed by atoms with Crippen molar-refractivity contribution in [2.24, 2.45) is 11.7 Å². The zero-order valence-electron chi connectivity index (χ0n) is 12.8. The Labute approximate surface area is 137 Å². The third-order valence-electron chi connectivity index (χ3n) is 5.17.